The van der Waals surface area contributed by atoms with Gasteiger partial charge in [0.25, 0.3) is 5.91 Å². The highest BCUT2D eigenvalue weighted by Gasteiger charge is 2.37. The van der Waals surface area contributed by atoms with Crippen molar-refractivity contribution >= 4 is 50.2 Å². The fourth-order valence-electron chi connectivity index (χ4n) is 3.72. The van der Waals surface area contributed by atoms with Crippen LogP contribution in [0.25, 0.3) is 10.2 Å². The summed E-state index contributed by atoms with van der Waals surface area (Å²) in [4.78, 5) is 20.4. The average Bonchev–Trinajstić information content (AvgIpc) is 3.46. The maximum absolute atomic E-state index is 13.5. The predicted octanol–water partition coefficient (Wildman–Crippen LogP) is 5.14. The first kappa shape index (κ1) is 18.1. The average molecular weight is 423 g/mol. The molecule has 29 heavy (non-hydrogen) atoms. The molecule has 0 saturated heterocycles. The maximum Gasteiger partial charge on any atom is 0.286 e. The van der Waals surface area contributed by atoms with Crippen LogP contribution in [0.5, 0.6) is 0 Å². The van der Waals surface area contributed by atoms with E-state index in [1.54, 1.807) is 17.6 Å². The van der Waals surface area contributed by atoms with E-state index in [2.05, 4.69) is 10.1 Å². The molecular weight excluding hydrogens is 404 g/mol. The van der Waals surface area contributed by atoms with Crippen molar-refractivity contribution in [3.05, 3.63) is 68.7 Å². The topological polar surface area (TPSA) is 84.7 Å². The van der Waals surface area contributed by atoms with Crippen LogP contribution >= 0.6 is 22.7 Å². The van der Waals surface area contributed by atoms with E-state index in [4.69, 9.17) is 10.2 Å². The molecular formula is C21H18N4O2S2. The van der Waals surface area contributed by atoms with E-state index < -0.39 is 0 Å². The number of hydrazone groups is 1. The Hall–Kier alpha value is -2.97. The van der Waals surface area contributed by atoms with Crippen LogP contribution in [-0.2, 0) is 0 Å². The Bertz CT molecular complexity index is 1240. The maximum atomic E-state index is 13.5. The molecule has 4 aromatic heterocycles. The highest BCUT2D eigenvalue weighted by molar-refractivity contribution is 7.21. The summed E-state index contributed by atoms with van der Waals surface area (Å²) >= 11 is 2.93. The number of nitrogens with two attached hydrogens (primary N) is 1. The van der Waals surface area contributed by atoms with Gasteiger partial charge in [0.15, 0.2) is 0 Å². The number of hydrogen-bond donors (Lipinski definition) is 1. The number of carbonyl (C=O) groups excluding carboxylic acids is 1. The minimum absolute atomic E-state index is 0.226. The molecule has 1 amide bonds. The molecule has 0 radical (unpaired) electrons. The Morgan fingerprint density at radius 2 is 2.17 bits per heavy atom. The van der Waals surface area contributed by atoms with Crippen LogP contribution in [0.15, 0.2) is 51.5 Å². The van der Waals surface area contributed by atoms with Crippen LogP contribution < -0.4 is 5.73 Å². The van der Waals surface area contributed by atoms with Crippen LogP contribution in [0.3, 0.4) is 0 Å². The molecule has 0 aliphatic carbocycles. The molecule has 8 heteroatoms. The molecule has 1 aliphatic heterocycles. The summed E-state index contributed by atoms with van der Waals surface area (Å²) in [7, 11) is 0. The number of rotatable bonds is 3. The molecule has 0 fully saturated rings. The van der Waals surface area contributed by atoms with Gasteiger partial charge in [0, 0.05) is 17.5 Å². The zero-order chi connectivity index (χ0) is 20.1. The first-order chi connectivity index (χ1) is 14.0. The van der Waals surface area contributed by atoms with Gasteiger partial charge in [-0.2, -0.15) is 5.10 Å². The Kier molecular flexibility index (Phi) is 4.25. The van der Waals surface area contributed by atoms with E-state index in [-0.39, 0.29) is 11.9 Å². The summed E-state index contributed by atoms with van der Waals surface area (Å²) in [5.74, 6) is 0.481. The highest BCUT2D eigenvalue weighted by atomic mass is 32.1. The number of thiophene rings is 2. The van der Waals surface area contributed by atoms with Crippen molar-refractivity contribution in [3.8, 4) is 0 Å². The van der Waals surface area contributed by atoms with Gasteiger partial charge < -0.3 is 10.2 Å². The summed E-state index contributed by atoms with van der Waals surface area (Å²) in [6.07, 6.45) is 2.21. The van der Waals surface area contributed by atoms with E-state index in [9.17, 15) is 4.79 Å². The molecule has 0 saturated carbocycles. The molecule has 0 spiro atoms. The normalized spacial score (nSPS) is 16.6. The zero-order valence-corrected chi connectivity index (χ0v) is 17.5. The predicted molar refractivity (Wildman–Crippen MR) is 117 cm³/mol. The monoisotopic (exact) mass is 422 g/mol. The number of amides is 1. The Morgan fingerprint density at radius 3 is 2.90 bits per heavy atom. The number of furan rings is 1. The van der Waals surface area contributed by atoms with Gasteiger partial charge in [0.2, 0.25) is 0 Å². The van der Waals surface area contributed by atoms with Gasteiger partial charge >= 0.3 is 0 Å². The van der Waals surface area contributed by atoms with Gasteiger partial charge in [-0.1, -0.05) is 6.07 Å². The lowest BCUT2D eigenvalue weighted by Gasteiger charge is -2.19. The van der Waals surface area contributed by atoms with Gasteiger partial charge in [-0.3, -0.25) is 4.79 Å². The molecule has 0 aromatic carbocycles. The second-order valence-electron chi connectivity index (χ2n) is 7.01. The molecule has 4 aromatic rings. The third-order valence-corrected chi connectivity index (χ3v) is 7.02. The van der Waals surface area contributed by atoms with Crippen molar-refractivity contribution in [1.82, 2.24) is 9.99 Å². The van der Waals surface area contributed by atoms with Gasteiger partial charge in [0.05, 0.1) is 22.5 Å². The fraction of sp³-hybridized carbons (Fsp3) is 0.190. The lowest BCUT2D eigenvalue weighted by atomic mass is 10.1. The number of anilines is 1. The molecule has 1 aliphatic rings. The number of fused-ring (bicyclic) bond motifs is 1. The van der Waals surface area contributed by atoms with Gasteiger partial charge in [-0.05, 0) is 49.1 Å². The minimum Gasteiger partial charge on any atom is -0.467 e. The van der Waals surface area contributed by atoms with E-state index in [1.165, 1.54) is 16.3 Å². The lowest BCUT2D eigenvalue weighted by molar-refractivity contribution is 0.0699. The van der Waals surface area contributed by atoms with Gasteiger partial charge in [0.1, 0.15) is 21.5 Å². The van der Waals surface area contributed by atoms with E-state index >= 15 is 0 Å². The highest BCUT2D eigenvalue weighted by Crippen LogP contribution is 2.40. The third kappa shape index (κ3) is 2.95. The standard InChI is InChI=1S/C21H18N4O2S2/c1-11-9-12(2)23-20-17(11)18(22)19(29-20)21(26)25-14(15-5-3-7-27-15)10-13(24-25)16-6-4-8-28-16/h3-9,14H,10,22H2,1-2H3. The second kappa shape index (κ2) is 6.82. The van der Waals surface area contributed by atoms with Crippen molar-refractivity contribution in [1.29, 1.82) is 0 Å². The first-order valence-electron chi connectivity index (χ1n) is 9.17. The molecule has 0 bridgehead atoms. The van der Waals surface area contributed by atoms with Crippen LogP contribution in [0.4, 0.5) is 5.69 Å². The number of nitrogen functional groups attached to an aromatic ring is 1. The third-order valence-electron chi connectivity index (χ3n) is 5.01. The SMILES string of the molecule is Cc1cc(C)c2c(N)c(C(=O)N3N=C(c4cccs4)CC3c3ccco3)sc2n1. The molecule has 6 nitrogen and oxygen atoms in total. The number of carbonyl (C=O) groups is 1. The summed E-state index contributed by atoms with van der Waals surface area (Å²) in [5, 5.41) is 9.04. The first-order valence-corrected chi connectivity index (χ1v) is 10.9. The van der Waals surface area contributed by atoms with E-state index in [0.29, 0.717) is 22.7 Å². The summed E-state index contributed by atoms with van der Waals surface area (Å²) < 4.78 is 5.62. The van der Waals surface area contributed by atoms with Crippen LogP contribution in [0, 0.1) is 13.8 Å². The van der Waals surface area contributed by atoms with Crippen LogP contribution in [0.1, 0.15) is 44.0 Å². The van der Waals surface area contributed by atoms with Crippen LogP contribution in [0.2, 0.25) is 0 Å². The number of aryl methyl sites for hydroxylation is 2. The van der Waals surface area contributed by atoms with Gasteiger partial charge in [-0.25, -0.2) is 9.99 Å². The minimum atomic E-state index is -0.296. The molecule has 5 heterocycles. The number of pyridine rings is 1. The Balaban J connectivity index is 1.60. The zero-order valence-electron chi connectivity index (χ0n) is 15.9. The molecule has 1 atom stereocenters. The van der Waals surface area contributed by atoms with Crippen molar-refractivity contribution in [2.24, 2.45) is 5.10 Å². The van der Waals surface area contributed by atoms with Crippen molar-refractivity contribution in [3.63, 3.8) is 0 Å². The number of hydrogen-bond acceptors (Lipinski definition) is 7. The largest absolute Gasteiger partial charge is 0.467 e. The van der Waals surface area contributed by atoms with Crippen LogP contribution in [-0.4, -0.2) is 21.6 Å². The number of nitrogens with zero attached hydrogens (tertiary/aromatic N) is 3. The summed E-state index contributed by atoms with van der Waals surface area (Å²) in [6.45, 7) is 3.93. The summed E-state index contributed by atoms with van der Waals surface area (Å²) in [6, 6.07) is 9.38. The number of aromatic nitrogens is 1. The molecule has 1 unspecified atom stereocenters. The Morgan fingerprint density at radius 1 is 1.31 bits per heavy atom. The van der Waals surface area contributed by atoms with Crippen molar-refractivity contribution < 1.29 is 9.21 Å². The smallest absolute Gasteiger partial charge is 0.286 e. The molecule has 2 N–H and O–H groups in total. The van der Waals surface area contributed by atoms with E-state index in [0.717, 1.165) is 32.1 Å². The lowest BCUT2D eigenvalue weighted by Crippen LogP contribution is -2.26. The molecule has 146 valence electrons. The fourth-order valence-corrected chi connectivity index (χ4v) is 5.59. The summed E-state index contributed by atoms with van der Waals surface area (Å²) in [5.41, 5.74) is 9.68. The van der Waals surface area contributed by atoms with E-state index in [1.807, 2.05) is 49.6 Å². The second-order valence-corrected chi connectivity index (χ2v) is 8.96. The molecule has 5 rings (SSSR count). The Labute approximate surface area is 175 Å². The quantitative estimate of drug-likeness (QED) is 0.495. The van der Waals surface area contributed by atoms with Gasteiger partial charge in [-0.15, -0.1) is 22.7 Å². The van der Waals surface area contributed by atoms with Crippen molar-refractivity contribution in [2.75, 3.05) is 5.73 Å². The van der Waals surface area contributed by atoms with Crippen molar-refractivity contribution in [2.45, 2.75) is 26.3 Å².